The highest BCUT2D eigenvalue weighted by Crippen LogP contribution is 2.25. The standard InChI is InChI=1S/C17H22F3N3O2/c18-17(19,20)25-15-4-1-3-13(11-15)12-22-9-5-14(6-10-22)23-8-2-7-21-16(23)24/h1,3-4,11,14H,2,5-10,12H2,(H,21,24). The third-order valence-electron chi connectivity index (χ3n) is 4.65. The van der Waals surface area contributed by atoms with E-state index in [4.69, 9.17) is 0 Å². The molecule has 25 heavy (non-hydrogen) atoms. The minimum absolute atomic E-state index is 0.0155. The zero-order valence-corrected chi connectivity index (χ0v) is 13.9. The molecule has 0 spiro atoms. The number of amides is 2. The number of carbonyl (C=O) groups is 1. The molecule has 2 aliphatic rings. The van der Waals surface area contributed by atoms with Crippen molar-refractivity contribution in [2.75, 3.05) is 26.2 Å². The summed E-state index contributed by atoms with van der Waals surface area (Å²) in [5, 5.41) is 2.87. The van der Waals surface area contributed by atoms with Crippen molar-refractivity contribution in [3.05, 3.63) is 29.8 Å². The number of nitrogens with one attached hydrogen (secondary N) is 1. The predicted molar refractivity (Wildman–Crippen MR) is 86.1 cm³/mol. The van der Waals surface area contributed by atoms with Crippen molar-refractivity contribution in [3.8, 4) is 5.75 Å². The minimum atomic E-state index is -4.67. The van der Waals surface area contributed by atoms with Crippen LogP contribution in [0.25, 0.3) is 0 Å². The topological polar surface area (TPSA) is 44.8 Å². The molecule has 0 aromatic heterocycles. The first-order valence-corrected chi connectivity index (χ1v) is 8.52. The molecule has 2 aliphatic heterocycles. The van der Waals surface area contributed by atoms with Gasteiger partial charge in [-0.2, -0.15) is 0 Å². The molecular weight excluding hydrogens is 335 g/mol. The van der Waals surface area contributed by atoms with E-state index in [9.17, 15) is 18.0 Å². The van der Waals surface area contributed by atoms with Gasteiger partial charge in [0.25, 0.3) is 0 Å². The van der Waals surface area contributed by atoms with Crippen LogP contribution in [0.2, 0.25) is 0 Å². The van der Waals surface area contributed by atoms with Crippen LogP contribution in [0.4, 0.5) is 18.0 Å². The van der Waals surface area contributed by atoms with Gasteiger partial charge in [-0.3, -0.25) is 4.90 Å². The van der Waals surface area contributed by atoms with Crippen molar-refractivity contribution in [2.24, 2.45) is 0 Å². The fourth-order valence-corrected chi connectivity index (χ4v) is 3.48. The number of nitrogens with zero attached hydrogens (tertiary/aromatic N) is 2. The van der Waals surface area contributed by atoms with Crippen LogP contribution in [0.3, 0.4) is 0 Å². The average molecular weight is 357 g/mol. The predicted octanol–water partition coefficient (Wildman–Crippen LogP) is 2.96. The molecule has 138 valence electrons. The van der Waals surface area contributed by atoms with Gasteiger partial charge >= 0.3 is 12.4 Å². The van der Waals surface area contributed by atoms with Crippen molar-refractivity contribution in [2.45, 2.75) is 38.2 Å². The van der Waals surface area contributed by atoms with E-state index in [0.29, 0.717) is 6.54 Å². The molecule has 0 bridgehead atoms. The van der Waals surface area contributed by atoms with Gasteiger partial charge < -0.3 is 15.0 Å². The lowest BCUT2D eigenvalue weighted by molar-refractivity contribution is -0.274. The van der Waals surface area contributed by atoms with Gasteiger partial charge in [0.05, 0.1) is 0 Å². The number of rotatable bonds is 4. The summed E-state index contributed by atoms with van der Waals surface area (Å²) in [7, 11) is 0. The summed E-state index contributed by atoms with van der Waals surface area (Å²) in [4.78, 5) is 16.0. The summed E-state index contributed by atoms with van der Waals surface area (Å²) in [6, 6.07) is 6.36. The van der Waals surface area contributed by atoms with E-state index in [2.05, 4.69) is 15.0 Å². The second-order valence-corrected chi connectivity index (χ2v) is 6.48. The number of urea groups is 1. The van der Waals surface area contributed by atoms with E-state index in [-0.39, 0.29) is 17.8 Å². The Labute approximate surface area is 144 Å². The monoisotopic (exact) mass is 357 g/mol. The Morgan fingerprint density at radius 2 is 1.96 bits per heavy atom. The average Bonchev–Trinajstić information content (AvgIpc) is 2.55. The molecule has 0 unspecified atom stereocenters. The molecule has 5 nitrogen and oxygen atoms in total. The molecule has 3 rings (SSSR count). The van der Waals surface area contributed by atoms with E-state index >= 15 is 0 Å². The number of piperidine rings is 1. The maximum absolute atomic E-state index is 12.3. The third-order valence-corrected chi connectivity index (χ3v) is 4.65. The molecule has 2 fully saturated rings. The second-order valence-electron chi connectivity index (χ2n) is 6.48. The fourth-order valence-electron chi connectivity index (χ4n) is 3.48. The molecule has 1 aromatic rings. The van der Waals surface area contributed by atoms with Crippen molar-refractivity contribution in [1.29, 1.82) is 0 Å². The fraction of sp³-hybridized carbons (Fsp3) is 0.588. The van der Waals surface area contributed by atoms with Crippen LogP contribution in [0, 0.1) is 0 Å². The molecular formula is C17H22F3N3O2. The lowest BCUT2D eigenvalue weighted by atomic mass is 10.0. The maximum Gasteiger partial charge on any atom is 0.573 e. The molecule has 0 saturated carbocycles. The normalized spacial score (nSPS) is 20.4. The van der Waals surface area contributed by atoms with Gasteiger partial charge in [-0.1, -0.05) is 12.1 Å². The van der Waals surface area contributed by atoms with E-state index in [0.717, 1.165) is 51.0 Å². The number of hydrogen-bond donors (Lipinski definition) is 1. The highest BCUT2D eigenvalue weighted by Gasteiger charge is 2.31. The van der Waals surface area contributed by atoms with Crippen LogP contribution in [-0.4, -0.2) is 54.4 Å². The van der Waals surface area contributed by atoms with Crippen LogP contribution < -0.4 is 10.1 Å². The molecule has 0 atom stereocenters. The van der Waals surface area contributed by atoms with Gasteiger partial charge in [0.15, 0.2) is 0 Å². The molecule has 0 radical (unpaired) electrons. The van der Waals surface area contributed by atoms with Crippen LogP contribution in [-0.2, 0) is 6.54 Å². The first-order chi connectivity index (χ1) is 11.9. The first kappa shape index (κ1) is 17.8. The van der Waals surface area contributed by atoms with Crippen LogP contribution in [0.15, 0.2) is 24.3 Å². The number of halogens is 3. The van der Waals surface area contributed by atoms with Gasteiger partial charge in [-0.05, 0) is 37.0 Å². The third kappa shape index (κ3) is 5.01. The number of carbonyl (C=O) groups excluding carboxylic acids is 1. The highest BCUT2D eigenvalue weighted by molar-refractivity contribution is 5.75. The summed E-state index contributed by atoms with van der Waals surface area (Å²) >= 11 is 0. The Bertz CT molecular complexity index is 601. The molecule has 2 heterocycles. The van der Waals surface area contributed by atoms with Crippen LogP contribution in [0.1, 0.15) is 24.8 Å². The van der Waals surface area contributed by atoms with Gasteiger partial charge in [-0.25, -0.2) is 4.79 Å². The number of ether oxygens (including phenoxy) is 1. The molecule has 2 saturated heterocycles. The van der Waals surface area contributed by atoms with Crippen molar-refractivity contribution < 1.29 is 22.7 Å². The Morgan fingerprint density at radius 1 is 1.20 bits per heavy atom. The van der Waals surface area contributed by atoms with Crippen LogP contribution >= 0.6 is 0 Å². The van der Waals surface area contributed by atoms with E-state index < -0.39 is 6.36 Å². The smallest absolute Gasteiger partial charge is 0.406 e. The summed E-state index contributed by atoms with van der Waals surface area (Å²) in [5.41, 5.74) is 0.788. The Morgan fingerprint density at radius 3 is 2.64 bits per heavy atom. The summed E-state index contributed by atoms with van der Waals surface area (Å²) in [5.74, 6) is -0.190. The Kier molecular flexibility index (Phi) is 5.36. The summed E-state index contributed by atoms with van der Waals surface area (Å²) in [6.07, 6.45) is -1.94. The Hall–Kier alpha value is -1.96. The minimum Gasteiger partial charge on any atom is -0.406 e. The SMILES string of the molecule is O=C1NCCCN1C1CCN(Cc2cccc(OC(F)(F)F)c2)CC1. The zero-order chi connectivity index (χ0) is 17.9. The lowest BCUT2D eigenvalue weighted by Crippen LogP contribution is -2.54. The van der Waals surface area contributed by atoms with Crippen LogP contribution in [0.5, 0.6) is 5.75 Å². The number of likely N-dealkylation sites (tertiary alicyclic amines) is 1. The number of hydrogen-bond acceptors (Lipinski definition) is 3. The molecule has 1 aromatic carbocycles. The van der Waals surface area contributed by atoms with Gasteiger partial charge in [0.2, 0.25) is 0 Å². The molecule has 0 aliphatic carbocycles. The molecule has 1 N–H and O–H groups in total. The Balaban J connectivity index is 1.52. The summed E-state index contributed by atoms with van der Waals surface area (Å²) in [6.45, 7) is 3.75. The largest absolute Gasteiger partial charge is 0.573 e. The second kappa shape index (κ2) is 7.51. The highest BCUT2D eigenvalue weighted by atomic mass is 19.4. The van der Waals surface area contributed by atoms with Gasteiger partial charge in [0, 0.05) is 38.8 Å². The quantitative estimate of drug-likeness (QED) is 0.901. The molecule has 8 heteroatoms. The summed E-state index contributed by atoms with van der Waals surface area (Å²) < 4.78 is 40.9. The molecule has 2 amide bonds. The van der Waals surface area contributed by atoms with Crippen molar-refractivity contribution in [3.63, 3.8) is 0 Å². The number of alkyl halides is 3. The lowest BCUT2D eigenvalue weighted by Gasteiger charge is -2.40. The van der Waals surface area contributed by atoms with Gasteiger partial charge in [0.1, 0.15) is 5.75 Å². The number of benzene rings is 1. The first-order valence-electron chi connectivity index (χ1n) is 8.52. The van der Waals surface area contributed by atoms with Crippen molar-refractivity contribution >= 4 is 6.03 Å². The zero-order valence-electron chi connectivity index (χ0n) is 13.9. The maximum atomic E-state index is 12.3. The van der Waals surface area contributed by atoms with Gasteiger partial charge in [-0.15, -0.1) is 13.2 Å². The van der Waals surface area contributed by atoms with Crippen molar-refractivity contribution in [1.82, 2.24) is 15.1 Å². The van der Waals surface area contributed by atoms with E-state index in [1.165, 1.54) is 12.1 Å². The van der Waals surface area contributed by atoms with E-state index in [1.807, 2.05) is 4.90 Å². The van der Waals surface area contributed by atoms with E-state index in [1.54, 1.807) is 12.1 Å².